The maximum atomic E-state index is 12.2. The van der Waals surface area contributed by atoms with E-state index in [4.69, 9.17) is 5.73 Å². The summed E-state index contributed by atoms with van der Waals surface area (Å²) < 4.78 is 1.77. The van der Waals surface area contributed by atoms with E-state index in [1.54, 1.807) is 16.7 Å². The molecular weight excluding hydrogens is 256 g/mol. The SMILES string of the molecule is CC(C(=O)NC1CC1)n1c(CO)nc2cc(N)ccc21. The van der Waals surface area contributed by atoms with Crippen molar-refractivity contribution in [1.29, 1.82) is 0 Å². The topological polar surface area (TPSA) is 93.2 Å². The molecule has 1 unspecified atom stereocenters. The molecule has 0 bridgehead atoms. The normalized spacial score (nSPS) is 16.3. The number of nitrogen functional groups attached to an aromatic ring is 1. The van der Waals surface area contributed by atoms with E-state index in [9.17, 15) is 9.90 Å². The second-order valence-electron chi connectivity index (χ2n) is 5.26. The number of carbonyl (C=O) groups is 1. The maximum absolute atomic E-state index is 12.2. The van der Waals surface area contributed by atoms with Crippen molar-refractivity contribution in [3.05, 3.63) is 24.0 Å². The van der Waals surface area contributed by atoms with Gasteiger partial charge in [0.25, 0.3) is 0 Å². The number of aliphatic hydroxyl groups is 1. The number of aliphatic hydroxyl groups excluding tert-OH is 1. The summed E-state index contributed by atoms with van der Waals surface area (Å²) in [5.74, 6) is 0.433. The molecule has 1 aromatic carbocycles. The Balaban J connectivity index is 2.01. The number of benzene rings is 1. The molecule has 1 fully saturated rings. The third-order valence-corrected chi connectivity index (χ3v) is 3.62. The first-order chi connectivity index (χ1) is 9.60. The molecule has 3 rings (SSSR count). The molecule has 1 saturated carbocycles. The van der Waals surface area contributed by atoms with Crippen molar-refractivity contribution in [2.45, 2.75) is 38.5 Å². The zero-order valence-electron chi connectivity index (χ0n) is 11.3. The van der Waals surface area contributed by atoms with E-state index in [2.05, 4.69) is 10.3 Å². The van der Waals surface area contributed by atoms with Crippen LogP contribution >= 0.6 is 0 Å². The Morgan fingerprint density at radius 3 is 3.00 bits per heavy atom. The van der Waals surface area contributed by atoms with Gasteiger partial charge in [0, 0.05) is 11.7 Å². The highest BCUT2D eigenvalue weighted by atomic mass is 16.3. The van der Waals surface area contributed by atoms with Gasteiger partial charge < -0.3 is 20.7 Å². The van der Waals surface area contributed by atoms with Gasteiger partial charge in [-0.15, -0.1) is 0 Å². The van der Waals surface area contributed by atoms with Gasteiger partial charge in [-0.2, -0.15) is 0 Å². The fourth-order valence-electron chi connectivity index (χ4n) is 2.38. The fraction of sp³-hybridized carbons (Fsp3) is 0.429. The van der Waals surface area contributed by atoms with E-state index < -0.39 is 6.04 Å². The van der Waals surface area contributed by atoms with Crippen LogP contribution < -0.4 is 11.1 Å². The Labute approximate surface area is 116 Å². The number of nitrogens with two attached hydrogens (primary N) is 1. The van der Waals surface area contributed by atoms with Crippen LogP contribution in [0.2, 0.25) is 0 Å². The van der Waals surface area contributed by atoms with Crippen LogP contribution in [0.4, 0.5) is 5.69 Å². The van der Waals surface area contributed by atoms with E-state index in [1.165, 1.54) is 0 Å². The Morgan fingerprint density at radius 2 is 2.35 bits per heavy atom. The number of amides is 1. The van der Waals surface area contributed by atoms with Gasteiger partial charge in [-0.1, -0.05) is 0 Å². The van der Waals surface area contributed by atoms with Crippen molar-refractivity contribution in [2.24, 2.45) is 0 Å². The summed E-state index contributed by atoms with van der Waals surface area (Å²) in [7, 11) is 0. The van der Waals surface area contributed by atoms with E-state index in [0.717, 1.165) is 18.4 Å². The van der Waals surface area contributed by atoms with Crippen LogP contribution in [-0.2, 0) is 11.4 Å². The van der Waals surface area contributed by atoms with Crippen molar-refractivity contribution >= 4 is 22.6 Å². The number of aromatic nitrogens is 2. The van der Waals surface area contributed by atoms with Crippen LogP contribution in [0.3, 0.4) is 0 Å². The van der Waals surface area contributed by atoms with Crippen molar-refractivity contribution in [3.63, 3.8) is 0 Å². The summed E-state index contributed by atoms with van der Waals surface area (Å²) >= 11 is 0. The van der Waals surface area contributed by atoms with Crippen molar-refractivity contribution in [3.8, 4) is 0 Å². The number of carbonyl (C=O) groups excluding carboxylic acids is 1. The highest BCUT2D eigenvalue weighted by molar-refractivity contribution is 5.85. The molecule has 1 aliphatic rings. The average Bonchev–Trinajstić information content (AvgIpc) is 3.16. The Morgan fingerprint density at radius 1 is 1.60 bits per heavy atom. The van der Waals surface area contributed by atoms with Crippen LogP contribution in [-0.4, -0.2) is 26.6 Å². The highest BCUT2D eigenvalue weighted by Crippen LogP contribution is 2.25. The first-order valence-corrected chi connectivity index (χ1v) is 6.77. The number of anilines is 1. The minimum absolute atomic E-state index is 0.0432. The van der Waals surface area contributed by atoms with Crippen LogP contribution in [0.25, 0.3) is 11.0 Å². The molecule has 20 heavy (non-hydrogen) atoms. The predicted octanol–water partition coefficient (Wildman–Crippen LogP) is 0.950. The average molecular weight is 274 g/mol. The number of hydrogen-bond acceptors (Lipinski definition) is 4. The third-order valence-electron chi connectivity index (χ3n) is 3.62. The van der Waals surface area contributed by atoms with Gasteiger partial charge in [0.2, 0.25) is 5.91 Å². The third kappa shape index (κ3) is 2.22. The molecule has 1 aliphatic carbocycles. The van der Waals surface area contributed by atoms with Gasteiger partial charge in [-0.3, -0.25) is 4.79 Å². The van der Waals surface area contributed by atoms with Gasteiger partial charge in [0.05, 0.1) is 11.0 Å². The standard InChI is InChI=1S/C14H18N4O2/c1-8(14(20)16-10-3-4-10)18-12-5-2-9(15)6-11(12)17-13(18)7-19/h2,5-6,8,10,19H,3-4,7,15H2,1H3,(H,16,20). The minimum atomic E-state index is -0.411. The molecule has 1 heterocycles. The highest BCUT2D eigenvalue weighted by Gasteiger charge is 2.28. The van der Waals surface area contributed by atoms with Crippen molar-refractivity contribution < 1.29 is 9.90 Å². The number of nitrogens with one attached hydrogen (secondary N) is 1. The molecule has 6 heteroatoms. The minimum Gasteiger partial charge on any atom is -0.399 e. The Bertz CT molecular complexity index is 660. The summed E-state index contributed by atoms with van der Waals surface area (Å²) in [4.78, 5) is 16.5. The largest absolute Gasteiger partial charge is 0.399 e. The quantitative estimate of drug-likeness (QED) is 0.724. The van der Waals surface area contributed by atoms with Crippen molar-refractivity contribution in [1.82, 2.24) is 14.9 Å². The second kappa shape index (κ2) is 4.79. The molecule has 0 saturated heterocycles. The monoisotopic (exact) mass is 274 g/mol. The van der Waals surface area contributed by atoms with Gasteiger partial charge in [0.15, 0.2) is 0 Å². The summed E-state index contributed by atoms with van der Waals surface area (Å²) in [6, 6.07) is 5.25. The predicted molar refractivity (Wildman–Crippen MR) is 75.9 cm³/mol. The smallest absolute Gasteiger partial charge is 0.243 e. The number of rotatable bonds is 4. The lowest BCUT2D eigenvalue weighted by Gasteiger charge is -2.16. The number of hydrogen-bond donors (Lipinski definition) is 3. The fourth-order valence-corrected chi connectivity index (χ4v) is 2.38. The number of fused-ring (bicyclic) bond motifs is 1. The molecule has 106 valence electrons. The molecule has 1 amide bonds. The van der Waals surface area contributed by atoms with E-state index in [-0.39, 0.29) is 12.5 Å². The molecule has 2 aromatic rings. The molecule has 1 atom stereocenters. The van der Waals surface area contributed by atoms with Crippen molar-refractivity contribution in [2.75, 3.05) is 5.73 Å². The molecule has 1 aromatic heterocycles. The van der Waals surface area contributed by atoms with Gasteiger partial charge in [-0.25, -0.2) is 4.98 Å². The molecular formula is C14H18N4O2. The zero-order chi connectivity index (χ0) is 14.3. The van der Waals surface area contributed by atoms with Crippen LogP contribution in [0.5, 0.6) is 0 Å². The lowest BCUT2D eigenvalue weighted by molar-refractivity contribution is -0.124. The summed E-state index contributed by atoms with van der Waals surface area (Å²) in [5, 5.41) is 12.4. The molecule has 0 aliphatic heterocycles. The number of imidazole rings is 1. The van der Waals surface area contributed by atoms with Crippen LogP contribution in [0.1, 0.15) is 31.6 Å². The van der Waals surface area contributed by atoms with E-state index in [1.807, 2.05) is 13.0 Å². The lowest BCUT2D eigenvalue weighted by atomic mass is 10.2. The van der Waals surface area contributed by atoms with Crippen LogP contribution in [0, 0.1) is 0 Å². The second-order valence-corrected chi connectivity index (χ2v) is 5.26. The van der Waals surface area contributed by atoms with Gasteiger partial charge >= 0.3 is 0 Å². The number of nitrogens with zero attached hydrogens (tertiary/aromatic N) is 2. The first kappa shape index (κ1) is 12.9. The Kier molecular flexibility index (Phi) is 3.10. The summed E-state index contributed by atoms with van der Waals surface area (Å²) in [6.07, 6.45) is 2.10. The summed E-state index contributed by atoms with van der Waals surface area (Å²) in [6.45, 7) is 1.60. The van der Waals surface area contributed by atoms with E-state index in [0.29, 0.717) is 23.1 Å². The molecule has 6 nitrogen and oxygen atoms in total. The Hall–Kier alpha value is -2.08. The summed E-state index contributed by atoms with van der Waals surface area (Å²) in [5.41, 5.74) is 7.86. The van der Waals surface area contributed by atoms with Gasteiger partial charge in [-0.05, 0) is 38.0 Å². The molecule has 0 radical (unpaired) electrons. The first-order valence-electron chi connectivity index (χ1n) is 6.77. The van der Waals surface area contributed by atoms with Crippen LogP contribution in [0.15, 0.2) is 18.2 Å². The lowest BCUT2D eigenvalue weighted by Crippen LogP contribution is -2.33. The van der Waals surface area contributed by atoms with Gasteiger partial charge in [0.1, 0.15) is 18.5 Å². The molecule has 4 N–H and O–H groups in total. The molecule has 0 spiro atoms. The maximum Gasteiger partial charge on any atom is 0.243 e. The van der Waals surface area contributed by atoms with E-state index >= 15 is 0 Å². The zero-order valence-corrected chi connectivity index (χ0v) is 11.3.